The maximum Gasteiger partial charge on any atom is 0.341 e. The molecule has 0 unspecified atom stereocenters. The summed E-state index contributed by atoms with van der Waals surface area (Å²) in [6, 6.07) is 5.66. The summed E-state index contributed by atoms with van der Waals surface area (Å²) in [5.74, 6) is 0.102. The summed E-state index contributed by atoms with van der Waals surface area (Å²) in [6.07, 6.45) is 3.98. The standard InChI is InChI=1S/C15H17NO4/c17-14(18)9-20-13-3-1-2-12-15(13)11(8-16-12)10-4-6-19-7-5-10/h1-3,8,10,16H,4-7,9H2,(H,17,18). The van der Waals surface area contributed by atoms with Gasteiger partial charge in [-0.05, 0) is 36.5 Å². The van der Waals surface area contributed by atoms with Crippen LogP contribution in [0.15, 0.2) is 24.4 Å². The van der Waals surface area contributed by atoms with E-state index in [2.05, 4.69) is 4.98 Å². The number of benzene rings is 1. The molecule has 2 aromatic rings. The largest absolute Gasteiger partial charge is 0.481 e. The number of hydrogen-bond acceptors (Lipinski definition) is 3. The number of aromatic nitrogens is 1. The van der Waals surface area contributed by atoms with Crippen molar-refractivity contribution in [1.82, 2.24) is 4.98 Å². The SMILES string of the molecule is O=C(O)COc1cccc2[nH]cc(C3CCOCC3)c12. The fraction of sp³-hybridized carbons (Fsp3) is 0.400. The molecular formula is C15H17NO4. The van der Waals surface area contributed by atoms with Crippen molar-refractivity contribution in [3.63, 3.8) is 0 Å². The van der Waals surface area contributed by atoms with Crippen molar-refractivity contribution < 1.29 is 19.4 Å². The Kier molecular flexibility index (Phi) is 3.60. The second-order valence-electron chi connectivity index (χ2n) is 4.99. The van der Waals surface area contributed by atoms with Crippen LogP contribution in [0.25, 0.3) is 10.9 Å². The van der Waals surface area contributed by atoms with Crippen molar-refractivity contribution in [3.05, 3.63) is 30.0 Å². The van der Waals surface area contributed by atoms with Crippen LogP contribution < -0.4 is 4.74 Å². The van der Waals surface area contributed by atoms with Crippen LogP contribution in [0.2, 0.25) is 0 Å². The number of nitrogens with one attached hydrogen (secondary N) is 1. The molecule has 0 saturated carbocycles. The molecule has 1 aromatic heterocycles. The smallest absolute Gasteiger partial charge is 0.341 e. The number of carbonyl (C=O) groups is 1. The molecule has 0 spiro atoms. The number of aliphatic carboxylic acids is 1. The third-order valence-electron chi connectivity index (χ3n) is 3.71. The summed E-state index contributed by atoms with van der Waals surface area (Å²) in [5.41, 5.74) is 2.18. The minimum Gasteiger partial charge on any atom is -0.481 e. The molecule has 1 aromatic carbocycles. The number of hydrogen-bond donors (Lipinski definition) is 2. The monoisotopic (exact) mass is 275 g/mol. The van der Waals surface area contributed by atoms with Gasteiger partial charge in [0, 0.05) is 30.3 Å². The van der Waals surface area contributed by atoms with Gasteiger partial charge < -0.3 is 19.6 Å². The summed E-state index contributed by atoms with van der Waals surface area (Å²) in [4.78, 5) is 13.9. The van der Waals surface area contributed by atoms with Gasteiger partial charge in [0.25, 0.3) is 0 Å². The van der Waals surface area contributed by atoms with Crippen molar-refractivity contribution in [3.8, 4) is 5.75 Å². The van der Waals surface area contributed by atoms with Crippen molar-refractivity contribution in [1.29, 1.82) is 0 Å². The van der Waals surface area contributed by atoms with E-state index in [1.54, 1.807) is 0 Å². The summed E-state index contributed by atoms with van der Waals surface area (Å²) in [5, 5.41) is 9.77. The van der Waals surface area contributed by atoms with E-state index in [0.717, 1.165) is 37.0 Å². The first-order chi connectivity index (χ1) is 9.75. The van der Waals surface area contributed by atoms with Gasteiger partial charge in [-0.3, -0.25) is 0 Å². The Bertz CT molecular complexity index is 613. The number of aromatic amines is 1. The lowest BCUT2D eigenvalue weighted by molar-refractivity contribution is -0.139. The van der Waals surface area contributed by atoms with Crippen molar-refractivity contribution in [2.24, 2.45) is 0 Å². The van der Waals surface area contributed by atoms with E-state index in [1.807, 2.05) is 24.4 Å². The Balaban J connectivity index is 1.97. The molecule has 0 bridgehead atoms. The molecule has 3 rings (SSSR count). The molecule has 2 N–H and O–H groups in total. The van der Waals surface area contributed by atoms with Gasteiger partial charge in [0.05, 0.1) is 0 Å². The maximum absolute atomic E-state index is 10.7. The van der Waals surface area contributed by atoms with Gasteiger partial charge in [0.2, 0.25) is 0 Å². The van der Waals surface area contributed by atoms with Crippen LogP contribution in [0.1, 0.15) is 24.3 Å². The zero-order valence-corrected chi connectivity index (χ0v) is 11.1. The second kappa shape index (κ2) is 5.54. The summed E-state index contributed by atoms with van der Waals surface area (Å²) >= 11 is 0. The Morgan fingerprint density at radius 2 is 2.20 bits per heavy atom. The van der Waals surface area contributed by atoms with E-state index >= 15 is 0 Å². The molecule has 5 nitrogen and oxygen atoms in total. The third kappa shape index (κ3) is 2.49. The molecule has 0 amide bonds. The second-order valence-corrected chi connectivity index (χ2v) is 4.99. The van der Waals surface area contributed by atoms with Crippen LogP contribution in [0.5, 0.6) is 5.75 Å². The molecule has 5 heteroatoms. The molecule has 1 saturated heterocycles. The quantitative estimate of drug-likeness (QED) is 0.899. The predicted molar refractivity (Wildman–Crippen MR) is 74.2 cm³/mol. The molecular weight excluding hydrogens is 258 g/mol. The number of carboxylic acids is 1. The van der Waals surface area contributed by atoms with Gasteiger partial charge >= 0.3 is 5.97 Å². The summed E-state index contributed by atoms with van der Waals surface area (Å²) < 4.78 is 10.8. The van der Waals surface area contributed by atoms with Gasteiger partial charge in [-0.2, -0.15) is 0 Å². The van der Waals surface area contributed by atoms with E-state index < -0.39 is 5.97 Å². The Morgan fingerprint density at radius 1 is 1.40 bits per heavy atom. The zero-order chi connectivity index (χ0) is 13.9. The number of H-pyrrole nitrogens is 1. The lowest BCUT2D eigenvalue weighted by Gasteiger charge is -2.22. The lowest BCUT2D eigenvalue weighted by atomic mass is 9.91. The topological polar surface area (TPSA) is 71.5 Å². The van der Waals surface area contributed by atoms with Crippen LogP contribution in [-0.4, -0.2) is 35.9 Å². The molecule has 1 aliphatic rings. The van der Waals surface area contributed by atoms with Gasteiger partial charge in [-0.25, -0.2) is 4.79 Å². The highest BCUT2D eigenvalue weighted by Gasteiger charge is 2.21. The highest BCUT2D eigenvalue weighted by atomic mass is 16.5. The first-order valence-electron chi connectivity index (χ1n) is 6.78. The van der Waals surface area contributed by atoms with Crippen LogP contribution in [0.3, 0.4) is 0 Å². The van der Waals surface area contributed by atoms with Gasteiger partial charge in [0.15, 0.2) is 6.61 Å². The molecule has 2 heterocycles. The lowest BCUT2D eigenvalue weighted by Crippen LogP contribution is -2.14. The van der Waals surface area contributed by atoms with Crippen LogP contribution in [-0.2, 0) is 9.53 Å². The maximum atomic E-state index is 10.7. The summed E-state index contributed by atoms with van der Waals surface area (Å²) in [7, 11) is 0. The van der Waals surface area contributed by atoms with E-state index in [1.165, 1.54) is 5.56 Å². The minimum atomic E-state index is -0.967. The average molecular weight is 275 g/mol. The number of fused-ring (bicyclic) bond motifs is 1. The predicted octanol–water partition coefficient (Wildman–Crippen LogP) is 2.53. The highest BCUT2D eigenvalue weighted by molar-refractivity contribution is 5.90. The Labute approximate surface area is 116 Å². The van der Waals surface area contributed by atoms with Crippen molar-refractivity contribution in [2.45, 2.75) is 18.8 Å². The fourth-order valence-corrected chi connectivity index (χ4v) is 2.77. The average Bonchev–Trinajstić information content (AvgIpc) is 2.90. The fourth-order valence-electron chi connectivity index (χ4n) is 2.77. The minimum absolute atomic E-state index is 0.322. The number of ether oxygens (including phenoxy) is 2. The van der Waals surface area contributed by atoms with Crippen molar-refractivity contribution >= 4 is 16.9 Å². The Morgan fingerprint density at radius 3 is 2.95 bits per heavy atom. The van der Waals surface area contributed by atoms with Crippen LogP contribution in [0.4, 0.5) is 0 Å². The molecule has 106 valence electrons. The first kappa shape index (κ1) is 13.0. The normalized spacial score (nSPS) is 16.4. The van der Waals surface area contributed by atoms with Crippen LogP contribution in [0, 0.1) is 0 Å². The molecule has 1 aliphatic heterocycles. The van der Waals surface area contributed by atoms with Gasteiger partial charge in [-0.1, -0.05) is 6.07 Å². The number of carboxylic acid groups (broad SMARTS) is 1. The Hall–Kier alpha value is -2.01. The van der Waals surface area contributed by atoms with E-state index in [9.17, 15) is 4.79 Å². The first-order valence-corrected chi connectivity index (χ1v) is 6.78. The van der Waals surface area contributed by atoms with Gasteiger partial charge in [0.1, 0.15) is 5.75 Å². The summed E-state index contributed by atoms with van der Waals surface area (Å²) in [6.45, 7) is 1.22. The van der Waals surface area contributed by atoms with E-state index in [-0.39, 0.29) is 6.61 Å². The molecule has 20 heavy (non-hydrogen) atoms. The molecule has 1 fully saturated rings. The highest BCUT2D eigenvalue weighted by Crippen LogP contribution is 2.37. The third-order valence-corrected chi connectivity index (χ3v) is 3.71. The molecule has 0 atom stereocenters. The molecule has 0 aliphatic carbocycles. The van der Waals surface area contributed by atoms with Gasteiger partial charge in [-0.15, -0.1) is 0 Å². The number of rotatable bonds is 4. The van der Waals surface area contributed by atoms with E-state index in [4.69, 9.17) is 14.6 Å². The van der Waals surface area contributed by atoms with E-state index in [0.29, 0.717) is 11.7 Å². The zero-order valence-electron chi connectivity index (χ0n) is 11.1. The van der Waals surface area contributed by atoms with Crippen LogP contribution >= 0.6 is 0 Å². The molecule has 0 radical (unpaired) electrons. The van der Waals surface area contributed by atoms with Crippen molar-refractivity contribution in [2.75, 3.05) is 19.8 Å².